The van der Waals surface area contributed by atoms with Crippen LogP contribution in [-0.2, 0) is 38.1 Å². The van der Waals surface area contributed by atoms with E-state index < -0.39 is 112 Å². The summed E-state index contributed by atoms with van der Waals surface area (Å²) in [6.45, 7) is 11.8. The van der Waals surface area contributed by atoms with Crippen LogP contribution in [0.15, 0.2) is 71.8 Å². The monoisotopic (exact) mass is 809 g/mol. The Morgan fingerprint density at radius 1 is 0.966 bits per heavy atom. The van der Waals surface area contributed by atoms with Crippen molar-refractivity contribution >= 4 is 29.8 Å². The molecular weight excluding hydrogens is 756 g/mol. The van der Waals surface area contributed by atoms with Gasteiger partial charge >= 0.3 is 24.0 Å². The van der Waals surface area contributed by atoms with Crippen molar-refractivity contribution in [3.63, 3.8) is 0 Å². The first-order valence-electron chi connectivity index (χ1n) is 19.3. The maximum absolute atomic E-state index is 14.9. The summed E-state index contributed by atoms with van der Waals surface area (Å²) in [6.07, 6.45) is -11.5. The average Bonchev–Trinajstić information content (AvgIpc) is 3.14. The molecule has 2 aromatic rings. The van der Waals surface area contributed by atoms with Gasteiger partial charge in [0.1, 0.15) is 35.6 Å². The molecule has 5 N–H and O–H groups in total. The van der Waals surface area contributed by atoms with E-state index in [9.17, 15) is 44.4 Å². The number of Topliss-reactive ketones (excluding diaryl/α,β-unsaturated/α-hetero) is 1. The Bertz CT molecular complexity index is 1980. The molecule has 1 heterocycles. The Morgan fingerprint density at radius 3 is 2.12 bits per heavy atom. The van der Waals surface area contributed by atoms with E-state index in [4.69, 9.17) is 23.7 Å². The van der Waals surface area contributed by atoms with Gasteiger partial charge in [0.05, 0.1) is 35.6 Å². The topological polar surface area (TPSA) is 224 Å². The molecule has 3 aliphatic carbocycles. The van der Waals surface area contributed by atoms with Crippen LogP contribution in [0.5, 0.6) is 0 Å². The fraction of sp³-hybridized carbons (Fsp3) is 0.558. The Kier molecular flexibility index (Phi) is 11.2. The number of ketones is 1. The lowest BCUT2D eigenvalue weighted by molar-refractivity contribution is -0.346. The summed E-state index contributed by atoms with van der Waals surface area (Å²) in [6, 6.07) is 14.6. The molecule has 2 aromatic carbocycles. The molecule has 0 aromatic heterocycles. The summed E-state index contributed by atoms with van der Waals surface area (Å²) in [5, 5.41) is 51.6. The van der Waals surface area contributed by atoms with Gasteiger partial charge in [-0.2, -0.15) is 0 Å². The van der Waals surface area contributed by atoms with Crippen molar-refractivity contribution in [2.45, 2.75) is 128 Å². The number of aliphatic hydroxyl groups excluding tert-OH is 3. The second-order valence-corrected chi connectivity index (χ2v) is 17.6. The minimum absolute atomic E-state index is 0.0637. The number of nitrogens with one attached hydrogen (secondary N) is 1. The fourth-order valence-corrected chi connectivity index (χ4v) is 9.56. The average molecular weight is 810 g/mol. The van der Waals surface area contributed by atoms with E-state index in [0.29, 0.717) is 5.56 Å². The van der Waals surface area contributed by atoms with Crippen LogP contribution >= 0.6 is 0 Å². The van der Waals surface area contributed by atoms with Crippen LogP contribution in [0.2, 0.25) is 0 Å². The molecule has 6 rings (SSSR count). The number of alkyl carbamates (subject to hydrolysis) is 1. The van der Waals surface area contributed by atoms with Crippen LogP contribution in [0.1, 0.15) is 90.2 Å². The van der Waals surface area contributed by atoms with Crippen LogP contribution in [0, 0.1) is 16.7 Å². The van der Waals surface area contributed by atoms with Gasteiger partial charge in [0.2, 0.25) is 0 Å². The van der Waals surface area contributed by atoms with Crippen molar-refractivity contribution < 1.29 is 68.1 Å². The van der Waals surface area contributed by atoms with Crippen LogP contribution in [0.25, 0.3) is 0 Å². The van der Waals surface area contributed by atoms with Gasteiger partial charge < -0.3 is 49.4 Å². The van der Waals surface area contributed by atoms with Gasteiger partial charge in [0.25, 0.3) is 0 Å². The number of benzene rings is 2. The molecule has 58 heavy (non-hydrogen) atoms. The Balaban J connectivity index is 1.49. The standard InChI is InChI=1S/C43H53NO14/c1-22-26(55-37(51)32(48)30(24-15-11-9-12-16-24)44-38(52)58-39(3,4)5)20-43(53)35(56-36(50)25-17-13-10-14-18-25)33-41(8,34(49)31(47)29(22)40(43,6)7)27(46)19-28-42(33,21-54-28)57-23(2)45/h9-18,26-28,30-33,35,46-48,53H,19-21H2,1-8H3,(H,44,52)/t26-,27-,28+,30-,31+,32+,33-,35-,41+,42-,43+/m0/s1/i30+2. The summed E-state index contributed by atoms with van der Waals surface area (Å²) >= 11 is 0. The third-order valence-corrected chi connectivity index (χ3v) is 12.6. The SMILES string of the molecule is CC(=O)O[C@@]12CO[C@@H]1C[C@H](O)[C@@]1(C)C(=O)[C@H](O)C3=C(C)[C@@H](OC(=O)[C@H](O)[14C@@H](NC(=O)OC(C)(C)C)c4ccccc4)C[C@@](O)([C@@H](OC(=O)c4ccccc4)[C@H]21)C3(C)C. The van der Waals surface area contributed by atoms with Gasteiger partial charge in [-0.3, -0.25) is 9.59 Å². The van der Waals surface area contributed by atoms with Crippen molar-refractivity contribution in [2.24, 2.45) is 16.7 Å². The highest BCUT2D eigenvalue weighted by Gasteiger charge is 2.78. The van der Waals surface area contributed by atoms with Crippen molar-refractivity contribution in [2.75, 3.05) is 6.61 Å². The van der Waals surface area contributed by atoms with E-state index in [-0.39, 0.29) is 29.7 Å². The first-order chi connectivity index (χ1) is 27.0. The van der Waals surface area contributed by atoms with E-state index in [2.05, 4.69) is 5.32 Å². The summed E-state index contributed by atoms with van der Waals surface area (Å²) in [5.74, 6) is -5.36. The minimum atomic E-state index is -2.35. The predicted molar refractivity (Wildman–Crippen MR) is 204 cm³/mol. The molecule has 2 saturated carbocycles. The predicted octanol–water partition coefficient (Wildman–Crippen LogP) is 3.26. The summed E-state index contributed by atoms with van der Waals surface area (Å²) < 4.78 is 29.5. The Morgan fingerprint density at radius 2 is 1.57 bits per heavy atom. The zero-order valence-corrected chi connectivity index (χ0v) is 33.9. The normalized spacial score (nSPS) is 33.7. The molecule has 4 aliphatic rings. The molecule has 0 radical (unpaired) electrons. The van der Waals surface area contributed by atoms with Crippen LogP contribution < -0.4 is 5.32 Å². The quantitative estimate of drug-likeness (QED) is 0.147. The molecule has 1 saturated heterocycles. The maximum atomic E-state index is 14.9. The number of carbonyl (C=O) groups is 5. The highest BCUT2D eigenvalue weighted by molar-refractivity contribution is 5.94. The molecule has 0 spiro atoms. The maximum Gasteiger partial charge on any atom is 0.408 e. The van der Waals surface area contributed by atoms with Crippen LogP contribution in [0.3, 0.4) is 0 Å². The van der Waals surface area contributed by atoms with Gasteiger partial charge in [0.15, 0.2) is 17.5 Å². The number of hydrogen-bond donors (Lipinski definition) is 5. The van der Waals surface area contributed by atoms with Crippen molar-refractivity contribution in [1.29, 1.82) is 0 Å². The zero-order chi connectivity index (χ0) is 42.7. The van der Waals surface area contributed by atoms with Gasteiger partial charge in [-0.15, -0.1) is 0 Å². The summed E-state index contributed by atoms with van der Waals surface area (Å²) in [7, 11) is 0. The molecule has 2 bridgehead atoms. The number of aliphatic hydroxyl groups is 4. The smallest absolute Gasteiger partial charge is 0.408 e. The van der Waals surface area contributed by atoms with E-state index in [0.717, 1.165) is 6.92 Å². The largest absolute Gasteiger partial charge is 0.456 e. The highest BCUT2D eigenvalue weighted by Crippen LogP contribution is 2.64. The molecule has 314 valence electrons. The number of fused-ring (bicyclic) bond motifs is 5. The molecule has 3 fully saturated rings. The fourth-order valence-electron chi connectivity index (χ4n) is 9.56. The molecule has 1 aliphatic heterocycles. The molecular formula is C43H53NO14. The molecule has 1 amide bonds. The lowest BCUT2D eigenvalue weighted by atomic mass is 9.44. The number of amides is 1. The number of rotatable bonds is 8. The van der Waals surface area contributed by atoms with Crippen molar-refractivity contribution in [3.8, 4) is 0 Å². The first-order valence-corrected chi connectivity index (χ1v) is 19.3. The van der Waals surface area contributed by atoms with Gasteiger partial charge in [-0.25, -0.2) is 14.4 Å². The van der Waals surface area contributed by atoms with Crippen LogP contribution in [0.4, 0.5) is 4.79 Å². The summed E-state index contributed by atoms with van der Waals surface area (Å²) in [4.78, 5) is 68.9. The zero-order valence-electron chi connectivity index (χ0n) is 33.9. The minimum Gasteiger partial charge on any atom is -0.456 e. The Hall–Kier alpha value is -4.67. The van der Waals surface area contributed by atoms with Gasteiger partial charge in [0, 0.05) is 25.2 Å². The third-order valence-electron chi connectivity index (χ3n) is 12.6. The first kappa shape index (κ1) is 42.9. The summed E-state index contributed by atoms with van der Waals surface area (Å²) in [5.41, 5.74) is -8.14. The molecule has 15 heteroatoms. The van der Waals surface area contributed by atoms with E-state index in [1.165, 1.54) is 26.0 Å². The Labute approximate surface area is 336 Å². The van der Waals surface area contributed by atoms with Crippen molar-refractivity contribution in [3.05, 3.63) is 82.9 Å². The van der Waals surface area contributed by atoms with Gasteiger partial charge in [-0.1, -0.05) is 62.4 Å². The number of carbonyl (C=O) groups excluding carboxylic acids is 5. The number of hydrogen-bond acceptors (Lipinski definition) is 14. The van der Waals surface area contributed by atoms with E-state index in [1.807, 2.05) is 0 Å². The lowest BCUT2D eigenvalue weighted by Crippen LogP contribution is -2.81. The van der Waals surface area contributed by atoms with E-state index in [1.54, 1.807) is 83.1 Å². The molecule has 0 unspecified atom stereocenters. The van der Waals surface area contributed by atoms with E-state index >= 15 is 0 Å². The van der Waals surface area contributed by atoms with Gasteiger partial charge in [-0.05, 0) is 63.5 Å². The second-order valence-electron chi connectivity index (χ2n) is 17.6. The second kappa shape index (κ2) is 15.2. The van der Waals surface area contributed by atoms with Crippen LogP contribution in [-0.4, -0.2) is 110 Å². The van der Waals surface area contributed by atoms with Crippen molar-refractivity contribution in [1.82, 2.24) is 5.32 Å². The molecule has 11 atom stereocenters. The highest BCUT2D eigenvalue weighted by atomic mass is 16.6. The molecule has 15 nitrogen and oxygen atoms in total. The number of ether oxygens (including phenoxy) is 5. The third kappa shape index (κ3) is 7.10. The lowest BCUT2D eigenvalue weighted by Gasteiger charge is -2.67. The number of esters is 3.